The summed E-state index contributed by atoms with van der Waals surface area (Å²) in [5.74, 6) is -3.45. The van der Waals surface area contributed by atoms with Gasteiger partial charge >= 0.3 is 5.97 Å². The maximum Gasteiger partial charge on any atom is 0.306 e. The van der Waals surface area contributed by atoms with Crippen LogP contribution in [-0.4, -0.2) is 77.7 Å². The fourth-order valence-electron chi connectivity index (χ4n) is 6.93. The lowest BCUT2D eigenvalue weighted by molar-refractivity contribution is -0.145. The van der Waals surface area contributed by atoms with E-state index < -0.39 is 53.4 Å². The number of fused-ring (bicyclic) bond motifs is 2. The van der Waals surface area contributed by atoms with Crippen LogP contribution >= 0.6 is 11.6 Å². The molecule has 2 fully saturated rings. The van der Waals surface area contributed by atoms with E-state index in [0.29, 0.717) is 30.0 Å². The average molecular weight is 634 g/mol. The van der Waals surface area contributed by atoms with Gasteiger partial charge < -0.3 is 29.7 Å². The smallest absolute Gasteiger partial charge is 0.306 e. The summed E-state index contributed by atoms with van der Waals surface area (Å²) in [5.41, 5.74) is -0.158. The van der Waals surface area contributed by atoms with Crippen molar-refractivity contribution in [2.75, 3.05) is 31.2 Å². The first-order chi connectivity index (χ1) is 21.9. The molecule has 5 bridgehead atoms. The number of aliphatic hydroxyl groups is 1. The van der Waals surface area contributed by atoms with Gasteiger partial charge in [-0.2, -0.15) is 0 Å². The predicted octanol–water partition coefficient (Wildman–Crippen LogP) is 3.35. The highest BCUT2D eigenvalue weighted by molar-refractivity contribution is 6.34. The van der Waals surface area contributed by atoms with Crippen molar-refractivity contribution in [2.24, 2.45) is 11.8 Å². The summed E-state index contributed by atoms with van der Waals surface area (Å²) in [5, 5.41) is 12.8. The van der Waals surface area contributed by atoms with Crippen molar-refractivity contribution in [3.05, 3.63) is 89.5 Å². The highest BCUT2D eigenvalue weighted by atomic mass is 35.5. The Morgan fingerprint density at radius 3 is 2.53 bits per heavy atom. The van der Waals surface area contributed by atoms with E-state index in [2.05, 4.69) is 5.32 Å². The van der Waals surface area contributed by atoms with Crippen LogP contribution in [-0.2, 0) is 28.7 Å². The van der Waals surface area contributed by atoms with Crippen LogP contribution in [0.1, 0.15) is 37.3 Å². The van der Waals surface area contributed by atoms with Crippen molar-refractivity contribution < 1.29 is 33.8 Å². The van der Waals surface area contributed by atoms with Crippen molar-refractivity contribution >= 4 is 41.0 Å². The third kappa shape index (κ3) is 5.78. The number of rotatable bonds is 6. The molecule has 2 saturated heterocycles. The third-order valence-electron chi connectivity index (χ3n) is 9.03. The Balaban J connectivity index is 1.43. The molecule has 3 amide bonds. The minimum atomic E-state index is -1.37. The molecule has 236 valence electrons. The number of anilines is 1. The van der Waals surface area contributed by atoms with E-state index in [0.717, 1.165) is 5.56 Å². The number of unbranched alkanes of at least 4 members (excludes halogenated alkanes) is 1. The average Bonchev–Trinajstić information content (AvgIpc) is 3.69. The topological polar surface area (TPSA) is 125 Å². The number of cyclic esters (lactones) is 1. The molecule has 0 aromatic heterocycles. The molecule has 4 heterocycles. The summed E-state index contributed by atoms with van der Waals surface area (Å²) in [7, 11) is 0. The summed E-state index contributed by atoms with van der Waals surface area (Å²) < 4.78 is 12.1. The number of carbonyl (C=O) groups is 4. The first-order valence-corrected chi connectivity index (χ1v) is 15.7. The number of hydrogen-bond acceptors (Lipinski definition) is 7. The van der Waals surface area contributed by atoms with Crippen molar-refractivity contribution in [1.82, 2.24) is 10.2 Å². The van der Waals surface area contributed by atoms with Crippen LogP contribution in [0.2, 0.25) is 5.02 Å². The van der Waals surface area contributed by atoms with Crippen LogP contribution in [0.3, 0.4) is 0 Å². The van der Waals surface area contributed by atoms with Crippen molar-refractivity contribution in [1.29, 1.82) is 0 Å². The molecular formula is C34H36ClN3O7. The second kappa shape index (κ2) is 13.2. The molecule has 2 aromatic carbocycles. The van der Waals surface area contributed by atoms with Crippen molar-refractivity contribution in [3.63, 3.8) is 0 Å². The van der Waals surface area contributed by atoms with Gasteiger partial charge in [0.2, 0.25) is 11.8 Å². The number of allylic oxidation sites excluding steroid dienone is 1. The third-order valence-corrected chi connectivity index (χ3v) is 9.35. The Labute approximate surface area is 266 Å². The zero-order valence-electron chi connectivity index (χ0n) is 24.7. The van der Waals surface area contributed by atoms with Crippen LogP contribution in [0.15, 0.2) is 78.9 Å². The van der Waals surface area contributed by atoms with Crippen LogP contribution in [0.4, 0.5) is 5.69 Å². The maximum absolute atomic E-state index is 14.7. The number of likely N-dealkylation sites (tertiary alicyclic amines) is 1. The van der Waals surface area contributed by atoms with E-state index in [1.54, 1.807) is 48.6 Å². The monoisotopic (exact) mass is 633 g/mol. The van der Waals surface area contributed by atoms with E-state index in [9.17, 15) is 24.3 Å². The zero-order chi connectivity index (χ0) is 31.6. The summed E-state index contributed by atoms with van der Waals surface area (Å²) in [4.78, 5) is 58.8. The minimum Gasteiger partial charge on any atom is -0.463 e. The lowest BCUT2D eigenvalue weighted by atomic mass is 9.74. The molecule has 11 heteroatoms. The summed E-state index contributed by atoms with van der Waals surface area (Å²) in [6.45, 7) is 0.200. The molecule has 2 N–H and O–H groups in total. The van der Waals surface area contributed by atoms with Gasteiger partial charge in [0, 0.05) is 26.1 Å². The molecule has 0 aliphatic carbocycles. The molecule has 0 radical (unpaired) electrons. The quantitative estimate of drug-likeness (QED) is 0.284. The highest BCUT2D eigenvalue weighted by Gasteiger charge is 2.73. The Morgan fingerprint density at radius 2 is 1.76 bits per heavy atom. The van der Waals surface area contributed by atoms with E-state index in [-0.39, 0.29) is 38.6 Å². The number of nitrogens with zero attached hydrogens (tertiary/aromatic N) is 2. The number of nitrogens with one attached hydrogen (secondary N) is 1. The number of carbonyl (C=O) groups excluding carboxylic acids is 4. The molecule has 10 nitrogen and oxygen atoms in total. The lowest BCUT2D eigenvalue weighted by Gasteiger charge is -2.36. The van der Waals surface area contributed by atoms with Crippen molar-refractivity contribution in [2.45, 2.75) is 49.5 Å². The van der Waals surface area contributed by atoms with Gasteiger partial charge in [0.15, 0.2) is 0 Å². The standard InChI is InChI=1S/C34H36ClN3O7/c35-23-13-6-7-14-25(23)37-18-8-2-5-15-27(40)44-21-24(22-11-3-1-4-12-22)36-31(41)28-26-16-17-34(45-26)29(28)32(42)38(19-9-10-20-39)30(34)33(37)43/h1-4,6-8,11-14,16-17,24,26,28-30,39H,5,9-10,15,18-21H2,(H,36,41)/b8-2-/t24-,26-,28+,29+,30-,34+/m0/s1. The SMILES string of the molecule is O=C1CC/C=C\CN(c2ccccc2Cl)C(=O)[C@@H]2N(CCCCO)C(=O)[C@H]3[C@H](C(=O)N[C@H](c4ccccc4)CO1)[C@@H]1C=C[C@]23O1. The molecule has 1 spiro atoms. The molecule has 4 aliphatic heterocycles. The van der Waals surface area contributed by atoms with Gasteiger partial charge in [0.1, 0.15) is 18.2 Å². The number of ether oxygens (including phenoxy) is 2. The Morgan fingerprint density at radius 1 is 0.978 bits per heavy atom. The second-order valence-corrected chi connectivity index (χ2v) is 12.1. The number of para-hydroxylation sites is 1. The Bertz CT molecular complexity index is 1510. The van der Waals surface area contributed by atoms with E-state index in [1.807, 2.05) is 30.3 Å². The minimum absolute atomic E-state index is 0.0548. The molecule has 4 aliphatic rings. The number of amides is 3. The first kappa shape index (κ1) is 31.0. The van der Waals surface area contributed by atoms with E-state index in [4.69, 9.17) is 21.1 Å². The van der Waals surface area contributed by atoms with Crippen LogP contribution in [0, 0.1) is 11.8 Å². The van der Waals surface area contributed by atoms with Gasteiger partial charge in [0.05, 0.1) is 34.7 Å². The largest absolute Gasteiger partial charge is 0.463 e. The normalized spacial score (nSPS) is 30.8. The molecule has 6 rings (SSSR count). The first-order valence-electron chi connectivity index (χ1n) is 15.4. The van der Waals surface area contributed by atoms with Crippen molar-refractivity contribution in [3.8, 4) is 0 Å². The fraction of sp³-hybridized carbons (Fsp3) is 0.412. The number of halogens is 1. The maximum atomic E-state index is 14.7. The lowest BCUT2D eigenvalue weighted by Crippen LogP contribution is -2.56. The number of hydrogen-bond donors (Lipinski definition) is 2. The molecule has 2 aromatic rings. The zero-order valence-corrected chi connectivity index (χ0v) is 25.5. The van der Waals surface area contributed by atoms with Gasteiger partial charge in [-0.05, 0) is 37.0 Å². The molecular weight excluding hydrogens is 598 g/mol. The Kier molecular flexibility index (Phi) is 9.07. The summed E-state index contributed by atoms with van der Waals surface area (Å²) >= 11 is 6.59. The van der Waals surface area contributed by atoms with Gasteiger partial charge in [-0.3, -0.25) is 19.2 Å². The Hall–Kier alpha value is -3.99. The highest BCUT2D eigenvalue weighted by Crippen LogP contribution is 2.55. The van der Waals surface area contributed by atoms with Gasteiger partial charge in [0.25, 0.3) is 5.91 Å². The summed E-state index contributed by atoms with van der Waals surface area (Å²) in [6.07, 6.45) is 7.81. The predicted molar refractivity (Wildman–Crippen MR) is 166 cm³/mol. The number of esters is 1. The summed E-state index contributed by atoms with van der Waals surface area (Å²) in [6, 6.07) is 14.4. The van der Waals surface area contributed by atoms with Gasteiger partial charge in [-0.1, -0.05) is 78.4 Å². The molecule has 6 atom stereocenters. The van der Waals surface area contributed by atoms with Crippen LogP contribution in [0.25, 0.3) is 0 Å². The van der Waals surface area contributed by atoms with Gasteiger partial charge in [-0.25, -0.2) is 0 Å². The fourth-order valence-corrected chi connectivity index (χ4v) is 7.17. The van der Waals surface area contributed by atoms with Crippen LogP contribution in [0.5, 0.6) is 0 Å². The molecule has 45 heavy (non-hydrogen) atoms. The van der Waals surface area contributed by atoms with E-state index >= 15 is 0 Å². The number of aliphatic hydroxyl groups excluding tert-OH is 1. The van der Waals surface area contributed by atoms with Crippen LogP contribution < -0.4 is 10.2 Å². The number of benzene rings is 2. The molecule has 0 saturated carbocycles. The molecule has 0 unspecified atom stereocenters. The van der Waals surface area contributed by atoms with E-state index in [1.165, 1.54) is 9.80 Å². The second-order valence-electron chi connectivity index (χ2n) is 11.7. The van der Waals surface area contributed by atoms with Gasteiger partial charge in [-0.15, -0.1) is 0 Å².